The Morgan fingerprint density at radius 1 is 1.18 bits per heavy atom. The minimum Gasteiger partial charge on any atom is -0.493 e. The second-order valence-electron chi connectivity index (χ2n) is 9.64. The van der Waals surface area contributed by atoms with Crippen LogP contribution in [0, 0.1) is 12.7 Å². The SMILES string of the molecule is COc1ccc2cc1OCC(=O)NCc1cc(F)cc(c1)O[C@@H]1CCN(C(=O)c3cccnc3C)C[C@@H]1NC2=O. The summed E-state index contributed by atoms with van der Waals surface area (Å²) >= 11 is 0. The molecule has 4 bridgehead atoms. The molecule has 11 heteroatoms. The average molecular weight is 549 g/mol. The molecule has 0 aliphatic carbocycles. The van der Waals surface area contributed by atoms with Crippen molar-refractivity contribution in [3.05, 3.63) is 82.9 Å². The highest BCUT2D eigenvalue weighted by atomic mass is 19.1. The molecule has 40 heavy (non-hydrogen) atoms. The molecule has 0 saturated carbocycles. The number of rotatable bonds is 2. The fourth-order valence-corrected chi connectivity index (χ4v) is 4.82. The highest BCUT2D eigenvalue weighted by molar-refractivity contribution is 5.96. The zero-order valence-electron chi connectivity index (χ0n) is 22.1. The maximum Gasteiger partial charge on any atom is 0.258 e. The van der Waals surface area contributed by atoms with Gasteiger partial charge in [-0.1, -0.05) is 0 Å². The third-order valence-corrected chi connectivity index (χ3v) is 6.88. The molecule has 5 rings (SSSR count). The van der Waals surface area contributed by atoms with Crippen molar-refractivity contribution in [3.63, 3.8) is 0 Å². The van der Waals surface area contributed by atoms with Crippen LogP contribution >= 0.6 is 0 Å². The molecule has 208 valence electrons. The van der Waals surface area contributed by atoms with Crippen LogP contribution in [0.5, 0.6) is 17.2 Å². The van der Waals surface area contributed by atoms with Gasteiger partial charge in [-0.2, -0.15) is 0 Å². The lowest BCUT2D eigenvalue weighted by atomic mass is 9.99. The number of aryl methyl sites for hydroxylation is 1. The number of hydrogen-bond acceptors (Lipinski definition) is 7. The Morgan fingerprint density at radius 3 is 2.83 bits per heavy atom. The molecular formula is C29H29FN4O6. The van der Waals surface area contributed by atoms with Gasteiger partial charge in [-0.25, -0.2) is 4.39 Å². The van der Waals surface area contributed by atoms with E-state index in [1.54, 1.807) is 48.4 Å². The number of carbonyl (C=O) groups excluding carboxylic acids is 3. The number of halogens is 1. The molecule has 1 aromatic heterocycles. The van der Waals surface area contributed by atoms with Crippen molar-refractivity contribution < 1.29 is 33.0 Å². The van der Waals surface area contributed by atoms with Crippen LogP contribution in [0.25, 0.3) is 0 Å². The maximum absolute atomic E-state index is 14.5. The number of likely N-dealkylation sites (tertiary alicyclic amines) is 1. The van der Waals surface area contributed by atoms with Gasteiger partial charge in [-0.05, 0) is 55.0 Å². The smallest absolute Gasteiger partial charge is 0.258 e. The fraction of sp³-hybridized carbons (Fsp3) is 0.310. The monoisotopic (exact) mass is 548 g/mol. The Kier molecular flexibility index (Phi) is 7.81. The second-order valence-corrected chi connectivity index (χ2v) is 9.64. The quantitative estimate of drug-likeness (QED) is 0.505. The molecule has 2 aromatic carbocycles. The van der Waals surface area contributed by atoms with Crippen molar-refractivity contribution in [1.29, 1.82) is 0 Å². The minimum atomic E-state index is -0.618. The molecule has 0 radical (unpaired) electrons. The summed E-state index contributed by atoms with van der Waals surface area (Å²) in [5.41, 5.74) is 1.85. The number of benzene rings is 2. The number of fused-ring (bicyclic) bond motifs is 5. The van der Waals surface area contributed by atoms with E-state index in [-0.39, 0.29) is 42.7 Å². The van der Waals surface area contributed by atoms with Crippen LogP contribution in [0.1, 0.15) is 38.4 Å². The molecule has 1 saturated heterocycles. The highest BCUT2D eigenvalue weighted by Crippen LogP contribution is 2.29. The van der Waals surface area contributed by atoms with Gasteiger partial charge in [0.15, 0.2) is 18.1 Å². The van der Waals surface area contributed by atoms with Crippen molar-refractivity contribution >= 4 is 17.7 Å². The van der Waals surface area contributed by atoms with Crippen molar-refractivity contribution in [1.82, 2.24) is 20.5 Å². The number of aromatic nitrogens is 1. The lowest BCUT2D eigenvalue weighted by Crippen LogP contribution is -2.58. The predicted molar refractivity (Wildman–Crippen MR) is 142 cm³/mol. The summed E-state index contributed by atoms with van der Waals surface area (Å²) < 4.78 is 31.6. The van der Waals surface area contributed by atoms with Gasteiger partial charge in [0.2, 0.25) is 0 Å². The van der Waals surface area contributed by atoms with E-state index in [0.29, 0.717) is 35.5 Å². The van der Waals surface area contributed by atoms with E-state index in [0.717, 1.165) is 0 Å². The largest absolute Gasteiger partial charge is 0.493 e. The molecular weight excluding hydrogens is 519 g/mol. The molecule has 10 nitrogen and oxygen atoms in total. The minimum absolute atomic E-state index is 0.0606. The summed E-state index contributed by atoms with van der Waals surface area (Å²) in [5, 5.41) is 5.68. The fourth-order valence-electron chi connectivity index (χ4n) is 4.82. The normalized spacial score (nSPS) is 19.3. The topological polar surface area (TPSA) is 119 Å². The Bertz CT molecular complexity index is 1450. The molecule has 2 aliphatic rings. The van der Waals surface area contributed by atoms with E-state index >= 15 is 0 Å². The molecule has 0 unspecified atom stereocenters. The van der Waals surface area contributed by atoms with Gasteiger partial charge in [-0.15, -0.1) is 0 Å². The van der Waals surface area contributed by atoms with Crippen molar-refractivity contribution in [3.8, 4) is 17.2 Å². The number of methoxy groups -OCH3 is 1. The summed E-state index contributed by atoms with van der Waals surface area (Å²) in [7, 11) is 1.45. The number of piperidine rings is 1. The predicted octanol–water partition coefficient (Wildman–Crippen LogP) is 2.64. The van der Waals surface area contributed by atoms with E-state index < -0.39 is 29.8 Å². The molecule has 3 heterocycles. The second kappa shape index (κ2) is 11.6. The molecule has 3 amide bonds. The molecule has 2 atom stereocenters. The zero-order valence-corrected chi connectivity index (χ0v) is 22.1. The van der Waals surface area contributed by atoms with Crippen LogP contribution in [0.4, 0.5) is 4.39 Å². The van der Waals surface area contributed by atoms with E-state index in [1.807, 2.05) is 0 Å². The Labute approximate surface area is 230 Å². The number of carbonyl (C=O) groups is 3. The van der Waals surface area contributed by atoms with Gasteiger partial charge in [-0.3, -0.25) is 19.4 Å². The van der Waals surface area contributed by atoms with Crippen LogP contribution in [-0.2, 0) is 11.3 Å². The zero-order chi connectivity index (χ0) is 28.2. The van der Waals surface area contributed by atoms with Crippen LogP contribution in [0.2, 0.25) is 0 Å². The number of hydrogen-bond donors (Lipinski definition) is 2. The van der Waals surface area contributed by atoms with E-state index in [1.165, 1.54) is 25.3 Å². The van der Waals surface area contributed by atoms with Gasteiger partial charge in [0.25, 0.3) is 17.7 Å². The van der Waals surface area contributed by atoms with Crippen molar-refractivity contribution in [2.75, 3.05) is 26.8 Å². The maximum atomic E-state index is 14.5. The third kappa shape index (κ3) is 5.98. The molecule has 2 N–H and O–H groups in total. The van der Waals surface area contributed by atoms with Crippen LogP contribution in [-0.4, -0.2) is 66.6 Å². The van der Waals surface area contributed by atoms with Gasteiger partial charge < -0.3 is 29.7 Å². The van der Waals surface area contributed by atoms with Gasteiger partial charge in [0.05, 0.1) is 18.7 Å². The summed E-state index contributed by atoms with van der Waals surface area (Å²) in [6.07, 6.45) is 1.45. The first-order valence-electron chi connectivity index (χ1n) is 12.9. The molecule has 0 spiro atoms. The van der Waals surface area contributed by atoms with E-state index in [2.05, 4.69) is 15.6 Å². The molecule has 3 aromatic rings. The lowest BCUT2D eigenvalue weighted by molar-refractivity contribution is -0.123. The first-order chi connectivity index (χ1) is 19.3. The van der Waals surface area contributed by atoms with Crippen LogP contribution in [0.15, 0.2) is 54.7 Å². The van der Waals surface area contributed by atoms with Gasteiger partial charge >= 0.3 is 0 Å². The van der Waals surface area contributed by atoms with E-state index in [9.17, 15) is 18.8 Å². The van der Waals surface area contributed by atoms with Crippen LogP contribution in [0.3, 0.4) is 0 Å². The Balaban J connectivity index is 1.48. The number of ether oxygens (including phenoxy) is 3. The first-order valence-corrected chi connectivity index (χ1v) is 12.9. The first kappa shape index (κ1) is 26.9. The summed E-state index contributed by atoms with van der Waals surface area (Å²) in [5.74, 6) is -0.778. The number of pyridine rings is 1. The molecule has 2 aliphatic heterocycles. The average Bonchev–Trinajstić information content (AvgIpc) is 2.95. The summed E-state index contributed by atoms with van der Waals surface area (Å²) in [4.78, 5) is 45.0. The number of amides is 3. The number of nitrogens with one attached hydrogen (secondary N) is 2. The summed E-state index contributed by atoms with van der Waals surface area (Å²) in [6.45, 7) is 2.02. The molecule has 1 fully saturated rings. The summed E-state index contributed by atoms with van der Waals surface area (Å²) in [6, 6.07) is 11.6. The van der Waals surface area contributed by atoms with Crippen molar-refractivity contribution in [2.24, 2.45) is 0 Å². The Morgan fingerprint density at radius 2 is 2.02 bits per heavy atom. The van der Waals surface area contributed by atoms with Gasteiger partial charge in [0, 0.05) is 49.6 Å². The standard InChI is InChI=1S/C29H29FN4O6/c1-17-22(4-3-8-31-17)29(37)34-9-7-24-23(15-34)33-28(36)19-5-6-25(38-2)26(12-19)39-16-27(35)32-14-18-10-20(30)13-21(11-18)40-24/h3-6,8,10-13,23-24H,7,9,14-16H2,1-2H3,(H,32,35)(H,33,36)/t23-,24+/m0/s1. The van der Waals surface area contributed by atoms with Crippen molar-refractivity contribution in [2.45, 2.75) is 32.0 Å². The third-order valence-electron chi connectivity index (χ3n) is 6.88. The van der Waals surface area contributed by atoms with Crippen LogP contribution < -0.4 is 24.8 Å². The van der Waals surface area contributed by atoms with Gasteiger partial charge in [0.1, 0.15) is 17.7 Å². The Hall–Kier alpha value is -4.67. The lowest BCUT2D eigenvalue weighted by Gasteiger charge is -2.39. The van der Waals surface area contributed by atoms with E-state index in [4.69, 9.17) is 14.2 Å². The number of nitrogens with zero attached hydrogens (tertiary/aromatic N) is 2. The highest BCUT2D eigenvalue weighted by Gasteiger charge is 2.35.